The molecule has 2 unspecified atom stereocenters. The monoisotopic (exact) mass is 490 g/mol. The molecule has 2 atom stereocenters. The third-order valence-corrected chi connectivity index (χ3v) is 6.33. The summed E-state index contributed by atoms with van der Waals surface area (Å²) in [5, 5.41) is 0. The van der Waals surface area contributed by atoms with Crippen molar-refractivity contribution in [1.82, 2.24) is 0 Å². The van der Waals surface area contributed by atoms with Crippen LogP contribution in [0.15, 0.2) is 49.1 Å². The molecule has 0 aliphatic heterocycles. The van der Waals surface area contributed by atoms with Crippen molar-refractivity contribution in [3.63, 3.8) is 0 Å². The van der Waals surface area contributed by atoms with E-state index in [4.69, 9.17) is 4.74 Å². The molecule has 0 N–H and O–H groups in total. The van der Waals surface area contributed by atoms with Crippen LogP contribution in [0.3, 0.4) is 0 Å². The maximum atomic E-state index is 15.4. The van der Waals surface area contributed by atoms with E-state index in [0.717, 1.165) is 0 Å². The number of allylic oxidation sites excluding steroid dienone is 1. The highest BCUT2D eigenvalue weighted by atomic mass is 19.2. The van der Waals surface area contributed by atoms with E-state index in [2.05, 4.69) is 6.58 Å². The molecule has 0 bridgehead atoms. The Balaban J connectivity index is 1.65. The average Bonchev–Trinajstić information content (AvgIpc) is 2.84. The van der Waals surface area contributed by atoms with Crippen LogP contribution in [-0.4, -0.2) is 6.61 Å². The molecule has 0 heterocycles. The molecule has 0 spiro atoms. The van der Waals surface area contributed by atoms with Gasteiger partial charge in [-0.1, -0.05) is 36.4 Å². The molecule has 35 heavy (non-hydrogen) atoms. The normalized spacial score (nSPS) is 16.5. The van der Waals surface area contributed by atoms with Gasteiger partial charge in [0.15, 0.2) is 35.5 Å². The van der Waals surface area contributed by atoms with Crippen LogP contribution in [-0.2, 0) is 19.3 Å². The molecule has 3 aromatic carbocycles. The summed E-state index contributed by atoms with van der Waals surface area (Å²) in [5.41, 5.74) is -0.597. The maximum absolute atomic E-state index is 15.4. The van der Waals surface area contributed by atoms with Crippen molar-refractivity contribution in [2.24, 2.45) is 0 Å². The fourth-order valence-electron chi connectivity index (χ4n) is 4.52. The summed E-state index contributed by atoms with van der Waals surface area (Å²) in [6.45, 7) is 5.33. The van der Waals surface area contributed by atoms with Gasteiger partial charge in [-0.25, -0.2) is 26.3 Å². The minimum absolute atomic E-state index is 0.0315. The Kier molecular flexibility index (Phi) is 7.24. The van der Waals surface area contributed by atoms with Gasteiger partial charge in [-0.2, -0.15) is 0 Å². The molecule has 0 fully saturated rings. The highest BCUT2D eigenvalue weighted by Crippen LogP contribution is 2.51. The summed E-state index contributed by atoms with van der Waals surface area (Å²) in [6.07, 6.45) is -2.54. The molecule has 0 saturated carbocycles. The van der Waals surface area contributed by atoms with Crippen LogP contribution in [0.4, 0.5) is 26.3 Å². The third-order valence-electron chi connectivity index (χ3n) is 6.33. The van der Waals surface area contributed by atoms with E-state index < -0.39 is 46.7 Å². The number of alkyl halides is 2. The van der Waals surface area contributed by atoms with E-state index in [1.54, 1.807) is 13.0 Å². The van der Waals surface area contributed by atoms with Crippen LogP contribution >= 0.6 is 0 Å². The summed E-state index contributed by atoms with van der Waals surface area (Å²) in [6, 6.07) is 8.39. The molecule has 1 aliphatic rings. The molecule has 1 aliphatic carbocycles. The molecule has 4 rings (SSSR count). The fourth-order valence-corrected chi connectivity index (χ4v) is 4.52. The van der Waals surface area contributed by atoms with Gasteiger partial charge >= 0.3 is 0 Å². The van der Waals surface area contributed by atoms with Gasteiger partial charge < -0.3 is 4.74 Å². The topological polar surface area (TPSA) is 9.23 Å². The molecule has 1 nitrogen and oxygen atoms in total. The Hall–Kier alpha value is -3.22. The highest BCUT2D eigenvalue weighted by molar-refractivity contribution is 5.76. The lowest BCUT2D eigenvalue weighted by Crippen LogP contribution is -2.17. The smallest absolute Gasteiger partial charge is 0.171 e. The second-order valence-corrected chi connectivity index (χ2v) is 8.41. The quantitative estimate of drug-likeness (QED) is 0.228. The minimum atomic E-state index is -2.43. The van der Waals surface area contributed by atoms with Crippen LogP contribution in [0.5, 0.6) is 5.75 Å². The van der Waals surface area contributed by atoms with Gasteiger partial charge in [0.1, 0.15) is 5.82 Å². The minimum Gasteiger partial charge on any atom is -0.491 e. The molecular weight excluding hydrogens is 466 g/mol. The molecule has 0 aromatic heterocycles. The first-order chi connectivity index (χ1) is 16.8. The van der Waals surface area contributed by atoms with Crippen molar-refractivity contribution in [2.75, 3.05) is 6.61 Å². The predicted molar refractivity (Wildman–Crippen MR) is 123 cm³/mol. The lowest BCUT2D eigenvalue weighted by Gasteiger charge is -2.28. The Morgan fingerprint density at radius 3 is 1.77 bits per heavy atom. The fraction of sp³-hybridized carbons (Fsp3) is 0.286. The summed E-state index contributed by atoms with van der Waals surface area (Å²) in [7, 11) is 0. The largest absolute Gasteiger partial charge is 0.491 e. The van der Waals surface area contributed by atoms with Gasteiger partial charge in [-0.3, -0.25) is 0 Å². The Bertz CT molecular complexity index is 1270. The summed E-state index contributed by atoms with van der Waals surface area (Å²) < 4.78 is 94.2. The van der Waals surface area contributed by atoms with E-state index in [1.165, 1.54) is 36.4 Å². The zero-order valence-corrected chi connectivity index (χ0v) is 19.1. The SMILES string of the molecule is C=CCCc1ccc(CCc2ccc3c(c2F)C(F)C(F)c2c-3ccc(OCC)c2F)c(F)c1F. The molecule has 3 aromatic rings. The van der Waals surface area contributed by atoms with E-state index in [0.29, 0.717) is 12.8 Å². The van der Waals surface area contributed by atoms with Gasteiger partial charge in [0.2, 0.25) is 0 Å². The molecule has 184 valence electrons. The van der Waals surface area contributed by atoms with Crippen molar-refractivity contribution in [3.05, 3.63) is 100 Å². The second kappa shape index (κ2) is 10.2. The zero-order chi connectivity index (χ0) is 25.3. The van der Waals surface area contributed by atoms with Crippen LogP contribution in [0.25, 0.3) is 11.1 Å². The molecule has 7 heteroatoms. The first-order valence-electron chi connectivity index (χ1n) is 11.4. The van der Waals surface area contributed by atoms with E-state index in [-0.39, 0.29) is 53.0 Å². The maximum Gasteiger partial charge on any atom is 0.171 e. The summed E-state index contributed by atoms with van der Waals surface area (Å²) in [5.74, 6) is -4.15. The van der Waals surface area contributed by atoms with Crippen LogP contribution in [0, 0.1) is 23.3 Å². The van der Waals surface area contributed by atoms with Gasteiger partial charge in [-0.15, -0.1) is 6.58 Å². The first kappa shape index (κ1) is 24.9. The lowest BCUT2D eigenvalue weighted by atomic mass is 9.81. The first-order valence-corrected chi connectivity index (χ1v) is 11.4. The van der Waals surface area contributed by atoms with Crippen LogP contribution < -0.4 is 4.74 Å². The summed E-state index contributed by atoms with van der Waals surface area (Å²) >= 11 is 0. The number of fused-ring (bicyclic) bond motifs is 3. The predicted octanol–water partition coefficient (Wildman–Crippen LogP) is 8.25. The second-order valence-electron chi connectivity index (χ2n) is 8.41. The van der Waals surface area contributed by atoms with Crippen LogP contribution in [0.1, 0.15) is 53.5 Å². The van der Waals surface area contributed by atoms with Crippen molar-refractivity contribution < 1.29 is 31.1 Å². The van der Waals surface area contributed by atoms with E-state index >= 15 is 8.78 Å². The Morgan fingerprint density at radius 2 is 1.20 bits per heavy atom. The van der Waals surface area contributed by atoms with Crippen molar-refractivity contribution in [3.8, 4) is 16.9 Å². The molecule has 0 amide bonds. The Labute approximate surface area is 200 Å². The standard InChI is InChI=1S/C28H24F6O/c1-3-5-6-15-7-9-17(25(31)24(15)30)10-8-16-11-12-18-19-13-14-20(35-4-2)26(32)22(19)28(34)27(33)21(18)23(16)29/h3,7,9,11-14,27-28H,1,4-6,8,10H2,2H3. The number of benzene rings is 3. The number of rotatable bonds is 8. The highest BCUT2D eigenvalue weighted by Gasteiger charge is 2.39. The number of ether oxygens (including phenoxy) is 1. The van der Waals surface area contributed by atoms with Gasteiger partial charge in [-0.05, 0) is 66.5 Å². The number of halogens is 6. The van der Waals surface area contributed by atoms with E-state index in [9.17, 15) is 17.6 Å². The number of aryl methyl sites for hydroxylation is 3. The van der Waals surface area contributed by atoms with Crippen molar-refractivity contribution >= 4 is 0 Å². The van der Waals surface area contributed by atoms with Gasteiger partial charge in [0.25, 0.3) is 0 Å². The van der Waals surface area contributed by atoms with E-state index in [1.807, 2.05) is 0 Å². The van der Waals surface area contributed by atoms with Crippen molar-refractivity contribution in [1.29, 1.82) is 0 Å². The summed E-state index contributed by atoms with van der Waals surface area (Å²) in [4.78, 5) is 0. The van der Waals surface area contributed by atoms with Gasteiger partial charge in [0, 0.05) is 11.1 Å². The number of hydrogen-bond acceptors (Lipinski definition) is 1. The van der Waals surface area contributed by atoms with Crippen molar-refractivity contribution in [2.45, 2.75) is 45.0 Å². The van der Waals surface area contributed by atoms with Crippen LogP contribution in [0.2, 0.25) is 0 Å². The van der Waals surface area contributed by atoms with Gasteiger partial charge in [0.05, 0.1) is 6.61 Å². The zero-order valence-electron chi connectivity index (χ0n) is 19.1. The molecule has 0 saturated heterocycles. The number of hydrogen-bond donors (Lipinski definition) is 0. The molecular formula is C28H24F6O. The lowest BCUT2D eigenvalue weighted by molar-refractivity contribution is 0.159. The Morgan fingerprint density at radius 1 is 0.714 bits per heavy atom. The third kappa shape index (κ3) is 4.44. The molecule has 0 radical (unpaired) electrons. The average molecular weight is 490 g/mol.